The second-order valence-electron chi connectivity index (χ2n) is 6.05. The SMILES string of the molecule is COc1ccccc1-c1nc(SCC(=O)Nc2ccccc2)n2[nH]c(=O)cc2n1. The summed E-state index contributed by atoms with van der Waals surface area (Å²) in [5, 5.41) is 5.93. The van der Waals surface area contributed by atoms with Gasteiger partial charge >= 0.3 is 0 Å². The zero-order valence-electron chi connectivity index (χ0n) is 15.5. The van der Waals surface area contributed by atoms with E-state index in [2.05, 4.69) is 20.4 Å². The summed E-state index contributed by atoms with van der Waals surface area (Å²) in [5.74, 6) is 0.966. The number of carbonyl (C=O) groups excluding carboxylic acids is 1. The quantitative estimate of drug-likeness (QED) is 0.477. The topological polar surface area (TPSA) is 101 Å². The Morgan fingerprint density at radius 3 is 2.69 bits per heavy atom. The number of methoxy groups -OCH3 is 1. The van der Waals surface area contributed by atoms with Crippen LogP contribution in [0.1, 0.15) is 0 Å². The lowest BCUT2D eigenvalue weighted by molar-refractivity contribution is -0.113. The molecule has 29 heavy (non-hydrogen) atoms. The molecule has 2 heterocycles. The highest BCUT2D eigenvalue weighted by Crippen LogP contribution is 2.28. The zero-order chi connectivity index (χ0) is 20.2. The second-order valence-corrected chi connectivity index (χ2v) is 6.99. The highest BCUT2D eigenvalue weighted by atomic mass is 32.2. The maximum atomic E-state index is 12.3. The Bertz CT molecular complexity index is 1220. The number of anilines is 1. The molecule has 2 N–H and O–H groups in total. The van der Waals surface area contributed by atoms with Crippen molar-refractivity contribution in [1.82, 2.24) is 19.6 Å². The largest absolute Gasteiger partial charge is 0.496 e. The van der Waals surface area contributed by atoms with Crippen LogP contribution in [0, 0.1) is 0 Å². The van der Waals surface area contributed by atoms with Crippen LogP contribution < -0.4 is 15.6 Å². The molecule has 2 aromatic carbocycles. The van der Waals surface area contributed by atoms with Crippen LogP contribution in [0.2, 0.25) is 0 Å². The molecular formula is C20H17N5O3S. The summed E-state index contributed by atoms with van der Waals surface area (Å²) in [6.07, 6.45) is 0. The fourth-order valence-corrected chi connectivity index (χ4v) is 3.53. The van der Waals surface area contributed by atoms with E-state index in [0.717, 1.165) is 5.69 Å². The van der Waals surface area contributed by atoms with Gasteiger partial charge in [0.1, 0.15) is 5.75 Å². The highest BCUT2D eigenvalue weighted by Gasteiger charge is 2.15. The summed E-state index contributed by atoms with van der Waals surface area (Å²) in [4.78, 5) is 33.2. The van der Waals surface area contributed by atoms with Crippen molar-refractivity contribution in [3.05, 3.63) is 71.0 Å². The van der Waals surface area contributed by atoms with Gasteiger partial charge in [0.25, 0.3) is 5.56 Å². The van der Waals surface area contributed by atoms with E-state index in [0.29, 0.717) is 27.9 Å². The van der Waals surface area contributed by atoms with Crippen LogP contribution in [0.15, 0.2) is 70.6 Å². The van der Waals surface area contributed by atoms with Gasteiger partial charge in [-0.05, 0) is 24.3 Å². The fourth-order valence-electron chi connectivity index (χ4n) is 2.78. The third-order valence-corrected chi connectivity index (χ3v) is 5.00. The molecule has 0 saturated carbocycles. The van der Waals surface area contributed by atoms with Gasteiger partial charge in [-0.2, -0.15) is 0 Å². The molecule has 0 aliphatic heterocycles. The Balaban J connectivity index is 1.64. The molecule has 0 fully saturated rings. The van der Waals surface area contributed by atoms with E-state index >= 15 is 0 Å². The van der Waals surface area contributed by atoms with E-state index in [1.165, 1.54) is 22.3 Å². The molecular weight excluding hydrogens is 390 g/mol. The number of hydrogen-bond donors (Lipinski definition) is 2. The fraction of sp³-hybridized carbons (Fsp3) is 0.100. The van der Waals surface area contributed by atoms with Crippen LogP contribution in [0.5, 0.6) is 5.75 Å². The number of ether oxygens (including phenoxy) is 1. The number of H-pyrrole nitrogens is 1. The molecule has 0 aliphatic rings. The van der Waals surface area contributed by atoms with Crippen LogP contribution in [0.4, 0.5) is 5.69 Å². The summed E-state index contributed by atoms with van der Waals surface area (Å²) >= 11 is 1.20. The molecule has 4 rings (SSSR count). The van der Waals surface area contributed by atoms with Gasteiger partial charge in [-0.3, -0.25) is 14.7 Å². The van der Waals surface area contributed by atoms with Crippen LogP contribution in [-0.4, -0.2) is 38.4 Å². The van der Waals surface area contributed by atoms with Gasteiger partial charge in [-0.1, -0.05) is 42.1 Å². The summed E-state index contributed by atoms with van der Waals surface area (Å²) in [7, 11) is 1.57. The summed E-state index contributed by atoms with van der Waals surface area (Å²) in [6, 6.07) is 17.9. The first-order valence-corrected chi connectivity index (χ1v) is 9.73. The van der Waals surface area contributed by atoms with E-state index < -0.39 is 0 Å². The first-order chi connectivity index (χ1) is 14.1. The second kappa shape index (κ2) is 8.19. The minimum absolute atomic E-state index is 0.118. The number of aromatic nitrogens is 4. The predicted molar refractivity (Wildman–Crippen MR) is 111 cm³/mol. The molecule has 8 nitrogen and oxygen atoms in total. The van der Waals surface area contributed by atoms with E-state index in [4.69, 9.17) is 4.74 Å². The molecule has 146 valence electrons. The van der Waals surface area contributed by atoms with Gasteiger partial charge in [0.15, 0.2) is 16.6 Å². The number of nitrogens with zero attached hydrogens (tertiary/aromatic N) is 3. The van der Waals surface area contributed by atoms with Crippen molar-refractivity contribution in [2.75, 3.05) is 18.2 Å². The van der Waals surface area contributed by atoms with Gasteiger partial charge < -0.3 is 10.1 Å². The maximum absolute atomic E-state index is 12.3. The molecule has 4 aromatic rings. The Morgan fingerprint density at radius 2 is 1.90 bits per heavy atom. The average Bonchev–Trinajstić information content (AvgIpc) is 3.13. The molecule has 0 unspecified atom stereocenters. The first-order valence-electron chi connectivity index (χ1n) is 8.75. The Morgan fingerprint density at radius 1 is 1.14 bits per heavy atom. The maximum Gasteiger partial charge on any atom is 0.266 e. The van der Waals surface area contributed by atoms with Gasteiger partial charge in [0.05, 0.1) is 18.4 Å². The number of nitrogens with one attached hydrogen (secondary N) is 2. The number of amides is 1. The number of rotatable bonds is 6. The van der Waals surface area contributed by atoms with E-state index in [1.807, 2.05) is 54.6 Å². The number of fused-ring (bicyclic) bond motifs is 1. The first kappa shape index (κ1) is 18.8. The van der Waals surface area contributed by atoms with Crippen LogP contribution >= 0.6 is 11.8 Å². The number of hydrogen-bond acceptors (Lipinski definition) is 6. The lowest BCUT2D eigenvalue weighted by atomic mass is 10.2. The standard InChI is InChI=1S/C20H17N5O3S/c1-28-15-10-6-5-9-14(15)19-22-16-11-17(26)24-25(16)20(23-19)29-12-18(27)21-13-7-3-2-4-8-13/h2-11H,12H2,1H3,(H,21,27)(H,24,26). The van der Waals surface area contributed by atoms with Crippen LogP contribution in [-0.2, 0) is 4.79 Å². The predicted octanol–water partition coefficient (Wildman–Crippen LogP) is 2.82. The van der Waals surface area contributed by atoms with Crippen molar-refractivity contribution < 1.29 is 9.53 Å². The normalized spacial score (nSPS) is 10.8. The van der Waals surface area contributed by atoms with Crippen molar-refractivity contribution in [1.29, 1.82) is 0 Å². The van der Waals surface area contributed by atoms with Gasteiger partial charge in [-0.25, -0.2) is 14.5 Å². The van der Waals surface area contributed by atoms with E-state index in [1.54, 1.807) is 7.11 Å². The molecule has 2 aromatic heterocycles. The van der Waals surface area contributed by atoms with E-state index in [9.17, 15) is 9.59 Å². The third-order valence-electron chi connectivity index (χ3n) is 4.06. The van der Waals surface area contributed by atoms with Crippen molar-refractivity contribution in [3.63, 3.8) is 0 Å². The van der Waals surface area contributed by atoms with Crippen LogP contribution in [0.3, 0.4) is 0 Å². The van der Waals surface area contributed by atoms with Gasteiger partial charge in [-0.15, -0.1) is 0 Å². The Labute approximate surface area is 169 Å². The summed E-state index contributed by atoms with van der Waals surface area (Å²) < 4.78 is 6.87. The lowest BCUT2D eigenvalue weighted by Gasteiger charge is -2.10. The Hall–Kier alpha value is -3.59. The smallest absolute Gasteiger partial charge is 0.266 e. The molecule has 0 aliphatic carbocycles. The lowest BCUT2D eigenvalue weighted by Crippen LogP contribution is -2.15. The number of benzene rings is 2. The number of para-hydroxylation sites is 2. The van der Waals surface area contributed by atoms with Gasteiger partial charge in [0.2, 0.25) is 5.91 Å². The molecule has 9 heteroatoms. The van der Waals surface area contributed by atoms with Crippen molar-refractivity contribution in [3.8, 4) is 17.1 Å². The van der Waals surface area contributed by atoms with Crippen molar-refractivity contribution >= 4 is 29.0 Å². The number of thioether (sulfide) groups is 1. The molecule has 0 spiro atoms. The van der Waals surface area contributed by atoms with E-state index in [-0.39, 0.29) is 17.2 Å². The molecule has 1 amide bonds. The third kappa shape index (κ3) is 4.14. The van der Waals surface area contributed by atoms with Gasteiger partial charge in [0, 0.05) is 11.8 Å². The number of aromatic amines is 1. The van der Waals surface area contributed by atoms with Crippen molar-refractivity contribution in [2.45, 2.75) is 5.16 Å². The monoisotopic (exact) mass is 407 g/mol. The Kier molecular flexibility index (Phi) is 5.30. The highest BCUT2D eigenvalue weighted by molar-refractivity contribution is 7.99. The van der Waals surface area contributed by atoms with Crippen LogP contribution in [0.25, 0.3) is 17.0 Å². The minimum atomic E-state index is -0.299. The average molecular weight is 407 g/mol. The summed E-state index contributed by atoms with van der Waals surface area (Å²) in [6.45, 7) is 0. The minimum Gasteiger partial charge on any atom is -0.496 e. The zero-order valence-corrected chi connectivity index (χ0v) is 16.3. The summed E-state index contributed by atoms with van der Waals surface area (Å²) in [5.41, 5.74) is 1.53. The molecule has 0 saturated heterocycles. The van der Waals surface area contributed by atoms with Crippen molar-refractivity contribution in [2.24, 2.45) is 0 Å². The number of carbonyl (C=O) groups is 1. The molecule has 0 radical (unpaired) electrons. The molecule has 0 atom stereocenters. The molecule has 0 bridgehead atoms.